The smallest absolute Gasteiger partial charge is 0.269 e. The number of nitro groups is 1. The van der Waals surface area contributed by atoms with Crippen LogP contribution in [0.3, 0.4) is 0 Å². The van der Waals surface area contributed by atoms with E-state index in [4.69, 9.17) is 0 Å². The molecule has 0 saturated carbocycles. The second-order valence-electron chi connectivity index (χ2n) is 6.67. The minimum atomic E-state index is -0.475. The number of non-ortho nitro benzene ring substituents is 1. The summed E-state index contributed by atoms with van der Waals surface area (Å²) in [6.07, 6.45) is 1.63. The highest BCUT2D eigenvalue weighted by Crippen LogP contribution is 2.36. The second kappa shape index (κ2) is 7.55. The van der Waals surface area contributed by atoms with Crippen LogP contribution in [0.5, 0.6) is 5.75 Å². The third kappa shape index (κ3) is 3.70. The van der Waals surface area contributed by atoms with Gasteiger partial charge in [0.05, 0.1) is 11.0 Å². The summed E-state index contributed by atoms with van der Waals surface area (Å²) in [5, 5.41) is 26.1. The Labute approximate surface area is 166 Å². The molecule has 2 aromatic heterocycles. The van der Waals surface area contributed by atoms with Crippen molar-refractivity contribution in [2.24, 2.45) is 0 Å². The van der Waals surface area contributed by atoms with Gasteiger partial charge in [-0.2, -0.15) is 0 Å². The van der Waals surface area contributed by atoms with Gasteiger partial charge in [-0.05, 0) is 42.8 Å². The van der Waals surface area contributed by atoms with Crippen LogP contribution in [0.2, 0.25) is 0 Å². The first-order valence-corrected chi connectivity index (χ1v) is 9.04. The van der Waals surface area contributed by atoms with E-state index in [1.165, 1.54) is 12.1 Å². The Kier molecular flexibility index (Phi) is 4.78. The largest absolute Gasteiger partial charge is 0.505 e. The Bertz CT molecular complexity index is 1190. The molecule has 0 unspecified atom stereocenters. The zero-order valence-electron chi connectivity index (χ0n) is 15.6. The standard InChI is InChI=1S/C22H18N4O3/c1-14-4-2-6-19(24-14)25-20(16-7-10-17(11-8-16)26(28)29)18-12-9-15-5-3-13-23-21(15)22(18)27/h2-13,20,27H,1H3,(H,24,25)/t20-/m1/s1. The lowest BCUT2D eigenvalue weighted by atomic mass is 9.96. The molecule has 4 aromatic rings. The number of nitrogens with one attached hydrogen (secondary N) is 1. The van der Waals surface area contributed by atoms with Gasteiger partial charge in [-0.3, -0.25) is 15.1 Å². The van der Waals surface area contributed by atoms with Crippen LogP contribution < -0.4 is 5.32 Å². The van der Waals surface area contributed by atoms with Gasteiger partial charge in [-0.1, -0.05) is 24.3 Å². The minimum Gasteiger partial charge on any atom is -0.505 e. The summed E-state index contributed by atoms with van der Waals surface area (Å²) in [5.74, 6) is 0.695. The molecule has 0 spiro atoms. The van der Waals surface area contributed by atoms with E-state index in [0.717, 1.165) is 16.6 Å². The topological polar surface area (TPSA) is 101 Å². The maximum absolute atomic E-state index is 11.0. The number of aromatic hydroxyl groups is 1. The molecule has 29 heavy (non-hydrogen) atoms. The van der Waals surface area contributed by atoms with Crippen molar-refractivity contribution in [3.63, 3.8) is 0 Å². The summed E-state index contributed by atoms with van der Waals surface area (Å²) in [5.41, 5.74) is 2.71. The Morgan fingerprint density at radius 3 is 2.55 bits per heavy atom. The van der Waals surface area contributed by atoms with Crippen LogP contribution in [-0.4, -0.2) is 20.0 Å². The molecule has 0 aliphatic rings. The lowest BCUT2D eigenvalue weighted by molar-refractivity contribution is -0.384. The van der Waals surface area contributed by atoms with Crippen molar-refractivity contribution < 1.29 is 10.0 Å². The Hall–Kier alpha value is -4.00. The number of nitrogens with zero attached hydrogens (tertiary/aromatic N) is 3. The number of aryl methyl sites for hydroxylation is 1. The van der Waals surface area contributed by atoms with Gasteiger partial charge < -0.3 is 10.4 Å². The highest BCUT2D eigenvalue weighted by molar-refractivity contribution is 5.86. The predicted octanol–water partition coefficient (Wildman–Crippen LogP) is 4.75. The van der Waals surface area contributed by atoms with Crippen molar-refractivity contribution in [2.45, 2.75) is 13.0 Å². The highest BCUT2D eigenvalue weighted by Gasteiger charge is 2.21. The zero-order valence-corrected chi connectivity index (χ0v) is 15.6. The summed E-state index contributed by atoms with van der Waals surface area (Å²) in [4.78, 5) is 19.4. The Morgan fingerprint density at radius 2 is 1.83 bits per heavy atom. The number of pyridine rings is 2. The molecule has 2 heterocycles. The molecule has 0 aliphatic heterocycles. The number of benzene rings is 2. The van der Waals surface area contributed by atoms with Crippen LogP contribution in [0.4, 0.5) is 11.5 Å². The molecule has 0 fully saturated rings. The maximum Gasteiger partial charge on any atom is 0.269 e. The average molecular weight is 386 g/mol. The summed E-state index contributed by atoms with van der Waals surface area (Å²) in [6, 6.07) is 18.8. The molecule has 4 rings (SSSR count). The molecule has 7 heteroatoms. The quantitative estimate of drug-likeness (QED) is 0.379. The Balaban J connectivity index is 1.83. The molecule has 144 valence electrons. The van der Waals surface area contributed by atoms with Crippen LogP contribution in [0.1, 0.15) is 22.9 Å². The third-order valence-electron chi connectivity index (χ3n) is 4.71. The normalized spacial score (nSPS) is 11.9. The van der Waals surface area contributed by atoms with Gasteiger partial charge in [-0.15, -0.1) is 0 Å². The minimum absolute atomic E-state index is 0.00517. The van der Waals surface area contributed by atoms with Crippen molar-refractivity contribution in [3.8, 4) is 5.75 Å². The van der Waals surface area contributed by atoms with Gasteiger partial charge >= 0.3 is 0 Å². The van der Waals surface area contributed by atoms with Gasteiger partial charge in [0.15, 0.2) is 0 Å². The highest BCUT2D eigenvalue weighted by atomic mass is 16.6. The Morgan fingerprint density at radius 1 is 1.03 bits per heavy atom. The van der Waals surface area contributed by atoms with Crippen LogP contribution in [0, 0.1) is 17.0 Å². The molecule has 7 nitrogen and oxygen atoms in total. The van der Waals surface area contributed by atoms with Gasteiger partial charge in [0, 0.05) is 35.0 Å². The van der Waals surface area contributed by atoms with Crippen LogP contribution >= 0.6 is 0 Å². The van der Waals surface area contributed by atoms with E-state index in [1.807, 2.05) is 49.4 Å². The second-order valence-corrected chi connectivity index (χ2v) is 6.67. The molecular formula is C22H18N4O3. The number of phenolic OH excluding ortho intramolecular Hbond substituents is 1. The van der Waals surface area contributed by atoms with E-state index in [0.29, 0.717) is 16.9 Å². The van der Waals surface area contributed by atoms with Crippen LogP contribution in [-0.2, 0) is 0 Å². The van der Waals surface area contributed by atoms with Gasteiger partial charge in [-0.25, -0.2) is 4.98 Å². The van der Waals surface area contributed by atoms with Crippen LogP contribution in [0.25, 0.3) is 10.9 Å². The number of aromatic nitrogens is 2. The molecular weight excluding hydrogens is 368 g/mol. The molecule has 0 amide bonds. The first kappa shape index (κ1) is 18.4. The van der Waals surface area contributed by atoms with E-state index in [2.05, 4.69) is 15.3 Å². The first-order chi connectivity index (χ1) is 14.0. The summed E-state index contributed by atoms with van der Waals surface area (Å²) < 4.78 is 0. The number of rotatable bonds is 5. The number of fused-ring (bicyclic) bond motifs is 1. The van der Waals surface area contributed by atoms with E-state index < -0.39 is 11.0 Å². The summed E-state index contributed by atoms with van der Waals surface area (Å²) in [7, 11) is 0. The van der Waals surface area contributed by atoms with E-state index in [1.54, 1.807) is 18.3 Å². The van der Waals surface area contributed by atoms with E-state index in [9.17, 15) is 15.2 Å². The molecule has 0 radical (unpaired) electrons. The van der Waals surface area contributed by atoms with Crippen molar-refractivity contribution in [1.82, 2.24) is 9.97 Å². The fraction of sp³-hybridized carbons (Fsp3) is 0.0909. The number of phenols is 1. The maximum atomic E-state index is 11.0. The molecule has 0 bridgehead atoms. The van der Waals surface area contributed by atoms with Gasteiger partial charge in [0.1, 0.15) is 17.1 Å². The molecule has 2 aromatic carbocycles. The van der Waals surface area contributed by atoms with Crippen LogP contribution in [0.15, 0.2) is 72.9 Å². The first-order valence-electron chi connectivity index (χ1n) is 9.04. The van der Waals surface area contributed by atoms with E-state index >= 15 is 0 Å². The molecule has 0 saturated heterocycles. The van der Waals surface area contributed by atoms with Crippen molar-refractivity contribution in [3.05, 3.63) is 99.9 Å². The molecule has 0 aliphatic carbocycles. The predicted molar refractivity (Wildman–Crippen MR) is 111 cm³/mol. The fourth-order valence-electron chi connectivity index (χ4n) is 3.28. The number of anilines is 1. The fourth-order valence-corrected chi connectivity index (χ4v) is 3.28. The van der Waals surface area contributed by atoms with Gasteiger partial charge in [0.2, 0.25) is 0 Å². The zero-order chi connectivity index (χ0) is 20.4. The monoisotopic (exact) mass is 386 g/mol. The number of hydrogen-bond donors (Lipinski definition) is 2. The van der Waals surface area contributed by atoms with Gasteiger partial charge in [0.25, 0.3) is 5.69 Å². The van der Waals surface area contributed by atoms with E-state index in [-0.39, 0.29) is 11.4 Å². The lowest BCUT2D eigenvalue weighted by Crippen LogP contribution is -2.14. The third-order valence-corrected chi connectivity index (χ3v) is 4.71. The summed E-state index contributed by atoms with van der Waals surface area (Å²) in [6.45, 7) is 1.89. The van der Waals surface area contributed by atoms with Crippen molar-refractivity contribution in [2.75, 3.05) is 5.32 Å². The molecule has 2 N–H and O–H groups in total. The van der Waals surface area contributed by atoms with Crippen molar-refractivity contribution >= 4 is 22.4 Å². The average Bonchev–Trinajstić information content (AvgIpc) is 2.73. The number of hydrogen-bond acceptors (Lipinski definition) is 6. The number of nitro benzene ring substituents is 1. The SMILES string of the molecule is Cc1cccc(N[C@H](c2ccc([N+](=O)[O-])cc2)c2ccc3cccnc3c2O)n1. The summed E-state index contributed by atoms with van der Waals surface area (Å²) >= 11 is 0. The van der Waals surface area contributed by atoms with Crippen molar-refractivity contribution in [1.29, 1.82) is 0 Å². The lowest BCUT2D eigenvalue weighted by Gasteiger charge is -2.22. The molecule has 1 atom stereocenters.